The zero-order valence-electron chi connectivity index (χ0n) is 9.77. The van der Waals surface area contributed by atoms with E-state index in [1.165, 1.54) is 15.6 Å². The molecule has 2 heterocycles. The Labute approximate surface area is 103 Å². The van der Waals surface area contributed by atoms with Gasteiger partial charge in [0.15, 0.2) is 0 Å². The van der Waals surface area contributed by atoms with E-state index in [2.05, 4.69) is 34.7 Å². The summed E-state index contributed by atoms with van der Waals surface area (Å²) >= 11 is 1.74. The molecule has 0 saturated carbocycles. The molecule has 1 aromatic carbocycles. The Morgan fingerprint density at radius 1 is 1.29 bits per heavy atom. The number of nitrogens with two attached hydrogens (primary N) is 1. The molecule has 17 heavy (non-hydrogen) atoms. The minimum atomic E-state index is 0.728. The third kappa shape index (κ3) is 1.45. The average molecular weight is 243 g/mol. The third-order valence-electron chi connectivity index (χ3n) is 3.02. The molecule has 0 aliphatic carbocycles. The minimum absolute atomic E-state index is 0.728. The maximum atomic E-state index is 6.09. The molecule has 3 nitrogen and oxygen atoms in total. The van der Waals surface area contributed by atoms with Crippen molar-refractivity contribution >= 4 is 27.2 Å². The van der Waals surface area contributed by atoms with E-state index in [9.17, 15) is 0 Å². The summed E-state index contributed by atoms with van der Waals surface area (Å²) in [5.41, 5.74) is 9.32. The van der Waals surface area contributed by atoms with Gasteiger partial charge in [-0.15, -0.1) is 11.3 Å². The second kappa shape index (κ2) is 3.60. The molecule has 0 aliphatic heterocycles. The molecule has 0 fully saturated rings. The number of aromatic nitrogens is 2. The van der Waals surface area contributed by atoms with Crippen LogP contribution in [0.3, 0.4) is 0 Å². The largest absolute Gasteiger partial charge is 0.383 e. The van der Waals surface area contributed by atoms with Crippen LogP contribution in [0.15, 0.2) is 29.6 Å². The average Bonchev–Trinajstić information content (AvgIpc) is 2.82. The Hall–Kier alpha value is -1.81. The van der Waals surface area contributed by atoms with Gasteiger partial charge in [-0.3, -0.25) is 4.68 Å². The number of hydrogen-bond donors (Lipinski definition) is 1. The fraction of sp³-hybridized carbons (Fsp3) is 0.154. The SMILES string of the molecule is Cc1nn(C)c(N)c1-c1csc2ccccc12. The Morgan fingerprint density at radius 2 is 2.06 bits per heavy atom. The molecular weight excluding hydrogens is 230 g/mol. The zero-order valence-corrected chi connectivity index (χ0v) is 10.6. The predicted octanol–water partition coefficient (Wildman–Crippen LogP) is 3.19. The fourth-order valence-electron chi connectivity index (χ4n) is 2.18. The van der Waals surface area contributed by atoms with Crippen LogP contribution >= 0.6 is 11.3 Å². The highest BCUT2D eigenvalue weighted by molar-refractivity contribution is 7.17. The zero-order chi connectivity index (χ0) is 12.0. The second-order valence-electron chi connectivity index (χ2n) is 4.11. The van der Waals surface area contributed by atoms with Gasteiger partial charge in [0.1, 0.15) is 5.82 Å². The number of hydrogen-bond acceptors (Lipinski definition) is 3. The summed E-state index contributed by atoms with van der Waals surface area (Å²) in [6.45, 7) is 2.00. The number of nitrogens with zero attached hydrogens (tertiary/aromatic N) is 2. The molecule has 0 bridgehead atoms. The molecule has 0 atom stereocenters. The van der Waals surface area contributed by atoms with Crippen molar-refractivity contribution in [2.75, 3.05) is 5.73 Å². The Morgan fingerprint density at radius 3 is 2.76 bits per heavy atom. The van der Waals surface area contributed by atoms with Gasteiger partial charge in [-0.25, -0.2) is 0 Å². The van der Waals surface area contributed by atoms with Gasteiger partial charge in [-0.1, -0.05) is 18.2 Å². The van der Waals surface area contributed by atoms with Gasteiger partial charge in [-0.05, 0) is 13.0 Å². The van der Waals surface area contributed by atoms with Crippen LogP contribution in [-0.4, -0.2) is 9.78 Å². The standard InChI is InChI=1S/C13H13N3S/c1-8-12(13(14)16(2)15-8)10-7-17-11-6-4-3-5-9(10)11/h3-7H,14H2,1-2H3. The van der Waals surface area contributed by atoms with Crippen LogP contribution < -0.4 is 5.73 Å². The lowest BCUT2D eigenvalue weighted by Crippen LogP contribution is -1.97. The Balaban J connectivity index is 2.35. The van der Waals surface area contributed by atoms with Gasteiger partial charge in [0.05, 0.1) is 5.69 Å². The number of rotatable bonds is 1. The van der Waals surface area contributed by atoms with Gasteiger partial charge in [0.25, 0.3) is 0 Å². The highest BCUT2D eigenvalue weighted by atomic mass is 32.1. The van der Waals surface area contributed by atoms with E-state index in [4.69, 9.17) is 5.73 Å². The van der Waals surface area contributed by atoms with Crippen LogP contribution in [0.2, 0.25) is 0 Å². The number of fused-ring (bicyclic) bond motifs is 1. The van der Waals surface area contributed by atoms with Crippen molar-refractivity contribution < 1.29 is 0 Å². The van der Waals surface area contributed by atoms with Crippen molar-refractivity contribution in [3.8, 4) is 11.1 Å². The van der Waals surface area contributed by atoms with Crippen LogP contribution in [0.4, 0.5) is 5.82 Å². The molecule has 2 N–H and O–H groups in total. The molecule has 3 aromatic rings. The maximum Gasteiger partial charge on any atom is 0.129 e. The van der Waals surface area contributed by atoms with Crippen molar-refractivity contribution in [3.63, 3.8) is 0 Å². The molecule has 0 spiro atoms. The van der Waals surface area contributed by atoms with E-state index in [0.717, 1.165) is 17.1 Å². The molecule has 0 amide bonds. The van der Waals surface area contributed by atoms with Crippen LogP contribution in [0.5, 0.6) is 0 Å². The van der Waals surface area contributed by atoms with Crippen molar-refractivity contribution in [1.29, 1.82) is 0 Å². The summed E-state index contributed by atoms with van der Waals surface area (Å²) in [4.78, 5) is 0. The highest BCUT2D eigenvalue weighted by Gasteiger charge is 2.15. The molecule has 3 rings (SSSR count). The normalized spacial score (nSPS) is 11.2. The molecule has 4 heteroatoms. The van der Waals surface area contributed by atoms with Crippen LogP contribution in [0.25, 0.3) is 21.2 Å². The topological polar surface area (TPSA) is 43.8 Å². The summed E-state index contributed by atoms with van der Waals surface area (Å²) in [5.74, 6) is 0.728. The summed E-state index contributed by atoms with van der Waals surface area (Å²) < 4.78 is 3.02. The van der Waals surface area contributed by atoms with Crippen molar-refractivity contribution in [1.82, 2.24) is 9.78 Å². The van der Waals surface area contributed by atoms with Crippen LogP contribution in [-0.2, 0) is 7.05 Å². The summed E-state index contributed by atoms with van der Waals surface area (Å²) in [6, 6.07) is 8.38. The van der Waals surface area contributed by atoms with Gasteiger partial charge in [0.2, 0.25) is 0 Å². The summed E-state index contributed by atoms with van der Waals surface area (Å²) in [6.07, 6.45) is 0. The molecule has 0 unspecified atom stereocenters. The van der Waals surface area contributed by atoms with Crippen molar-refractivity contribution in [3.05, 3.63) is 35.3 Å². The Kier molecular flexibility index (Phi) is 2.19. The van der Waals surface area contributed by atoms with E-state index in [1.54, 1.807) is 16.0 Å². The fourth-order valence-corrected chi connectivity index (χ4v) is 3.13. The van der Waals surface area contributed by atoms with Gasteiger partial charge in [0, 0.05) is 33.6 Å². The van der Waals surface area contributed by atoms with E-state index in [0.29, 0.717) is 0 Å². The number of benzene rings is 1. The number of nitrogen functional groups attached to an aromatic ring is 1. The number of aryl methyl sites for hydroxylation is 2. The van der Waals surface area contributed by atoms with E-state index in [-0.39, 0.29) is 0 Å². The first kappa shape index (κ1) is 10.4. The minimum Gasteiger partial charge on any atom is -0.383 e. The molecule has 0 saturated heterocycles. The quantitative estimate of drug-likeness (QED) is 0.713. The Bertz CT molecular complexity index is 694. The summed E-state index contributed by atoms with van der Waals surface area (Å²) in [5, 5.41) is 7.78. The summed E-state index contributed by atoms with van der Waals surface area (Å²) in [7, 11) is 1.88. The van der Waals surface area contributed by atoms with Crippen LogP contribution in [0, 0.1) is 6.92 Å². The molecular formula is C13H13N3S. The first-order valence-electron chi connectivity index (χ1n) is 5.44. The highest BCUT2D eigenvalue weighted by Crippen LogP contribution is 2.37. The van der Waals surface area contributed by atoms with Gasteiger partial charge < -0.3 is 5.73 Å². The first-order chi connectivity index (χ1) is 8.18. The van der Waals surface area contributed by atoms with Crippen molar-refractivity contribution in [2.45, 2.75) is 6.92 Å². The first-order valence-corrected chi connectivity index (χ1v) is 6.32. The second-order valence-corrected chi connectivity index (χ2v) is 5.03. The molecule has 0 aliphatic rings. The van der Waals surface area contributed by atoms with E-state index < -0.39 is 0 Å². The van der Waals surface area contributed by atoms with E-state index in [1.807, 2.05) is 14.0 Å². The molecule has 86 valence electrons. The third-order valence-corrected chi connectivity index (χ3v) is 3.98. The maximum absolute atomic E-state index is 6.09. The molecule has 0 radical (unpaired) electrons. The predicted molar refractivity (Wildman–Crippen MR) is 73.2 cm³/mol. The number of anilines is 1. The van der Waals surface area contributed by atoms with Gasteiger partial charge >= 0.3 is 0 Å². The lowest BCUT2D eigenvalue weighted by Gasteiger charge is -2.00. The number of thiophene rings is 1. The smallest absolute Gasteiger partial charge is 0.129 e. The monoisotopic (exact) mass is 243 g/mol. The van der Waals surface area contributed by atoms with Crippen molar-refractivity contribution in [2.24, 2.45) is 7.05 Å². The van der Waals surface area contributed by atoms with E-state index >= 15 is 0 Å². The lowest BCUT2D eigenvalue weighted by molar-refractivity contribution is 0.767. The van der Waals surface area contributed by atoms with Crippen LogP contribution in [0.1, 0.15) is 5.69 Å². The van der Waals surface area contributed by atoms with Gasteiger partial charge in [-0.2, -0.15) is 5.10 Å². The lowest BCUT2D eigenvalue weighted by atomic mass is 10.1. The molecule has 2 aromatic heterocycles.